The number of aromatic nitrogens is 2. The van der Waals surface area contributed by atoms with E-state index in [9.17, 15) is 4.79 Å². The topological polar surface area (TPSA) is 48.0 Å². The van der Waals surface area contributed by atoms with Crippen molar-refractivity contribution in [1.29, 1.82) is 0 Å². The van der Waals surface area contributed by atoms with E-state index in [0.29, 0.717) is 6.42 Å². The molecule has 94 valence electrons. The summed E-state index contributed by atoms with van der Waals surface area (Å²) >= 11 is 0. The van der Waals surface area contributed by atoms with Gasteiger partial charge in [-0.3, -0.25) is 4.79 Å². The van der Waals surface area contributed by atoms with Crippen LogP contribution in [0.1, 0.15) is 42.1 Å². The van der Waals surface area contributed by atoms with Crippen molar-refractivity contribution in [2.24, 2.45) is 5.41 Å². The zero-order chi connectivity index (χ0) is 12.9. The van der Waals surface area contributed by atoms with Gasteiger partial charge in [-0.2, -0.15) is 0 Å². The molecule has 0 fully saturated rings. The lowest BCUT2D eigenvalue weighted by Gasteiger charge is -2.29. The average molecular weight is 244 g/mol. The quantitative estimate of drug-likeness (QED) is 0.775. The number of fused-ring (bicyclic) bond motifs is 1. The standard InChI is InChI=1S/C14H16N2O2/c1-9-6-13(15-18-9)16-5-4-10-11(16)7-14(2,3)8-12(10)17/h4-6H,7-8H2,1-3H3. The summed E-state index contributed by atoms with van der Waals surface area (Å²) in [5.41, 5.74) is 1.89. The summed E-state index contributed by atoms with van der Waals surface area (Å²) in [6.07, 6.45) is 3.40. The first-order valence-electron chi connectivity index (χ1n) is 6.13. The zero-order valence-corrected chi connectivity index (χ0v) is 10.9. The summed E-state index contributed by atoms with van der Waals surface area (Å²) < 4.78 is 7.07. The number of ketones is 1. The smallest absolute Gasteiger partial charge is 0.180 e. The molecule has 4 nitrogen and oxygen atoms in total. The number of rotatable bonds is 1. The molecule has 2 aromatic heterocycles. The molecule has 0 amide bonds. The number of nitrogens with zero attached hydrogens (tertiary/aromatic N) is 2. The molecule has 0 spiro atoms. The van der Waals surface area contributed by atoms with Gasteiger partial charge in [0.2, 0.25) is 0 Å². The summed E-state index contributed by atoms with van der Waals surface area (Å²) in [4.78, 5) is 12.1. The molecule has 2 aromatic rings. The molecule has 0 bridgehead atoms. The summed E-state index contributed by atoms with van der Waals surface area (Å²) in [6.45, 7) is 6.11. The summed E-state index contributed by atoms with van der Waals surface area (Å²) in [6, 6.07) is 3.77. The van der Waals surface area contributed by atoms with Crippen LogP contribution in [0.3, 0.4) is 0 Å². The minimum absolute atomic E-state index is 0.0129. The van der Waals surface area contributed by atoms with E-state index in [2.05, 4.69) is 19.0 Å². The van der Waals surface area contributed by atoms with Crippen molar-refractivity contribution in [2.75, 3.05) is 0 Å². The van der Waals surface area contributed by atoms with E-state index in [-0.39, 0.29) is 11.2 Å². The fourth-order valence-electron chi connectivity index (χ4n) is 2.63. The lowest BCUT2D eigenvalue weighted by molar-refractivity contribution is 0.0911. The minimum atomic E-state index is 0.0129. The largest absolute Gasteiger partial charge is 0.360 e. The fraction of sp³-hybridized carbons (Fsp3) is 0.429. The van der Waals surface area contributed by atoms with Crippen LogP contribution in [-0.4, -0.2) is 15.5 Å². The van der Waals surface area contributed by atoms with Crippen LogP contribution in [0.4, 0.5) is 0 Å². The van der Waals surface area contributed by atoms with Gasteiger partial charge in [0.25, 0.3) is 0 Å². The SMILES string of the molecule is Cc1cc(-n2ccc3c2CC(C)(C)CC3=O)no1. The molecule has 0 atom stereocenters. The van der Waals surface area contributed by atoms with Crippen molar-refractivity contribution in [1.82, 2.24) is 9.72 Å². The molecular formula is C14H16N2O2. The minimum Gasteiger partial charge on any atom is -0.360 e. The number of hydrogen-bond acceptors (Lipinski definition) is 3. The zero-order valence-electron chi connectivity index (χ0n) is 10.9. The van der Waals surface area contributed by atoms with Crippen LogP contribution in [0.15, 0.2) is 22.9 Å². The second-order valence-corrected chi connectivity index (χ2v) is 5.78. The van der Waals surface area contributed by atoms with E-state index < -0.39 is 0 Å². The van der Waals surface area contributed by atoms with E-state index in [1.165, 1.54) is 0 Å². The molecule has 18 heavy (non-hydrogen) atoms. The summed E-state index contributed by atoms with van der Waals surface area (Å²) in [5, 5.41) is 4.02. The second kappa shape index (κ2) is 3.57. The van der Waals surface area contributed by atoms with Gasteiger partial charge in [-0.05, 0) is 24.8 Å². The van der Waals surface area contributed by atoms with Crippen molar-refractivity contribution in [3.8, 4) is 5.82 Å². The molecule has 0 unspecified atom stereocenters. The Hall–Kier alpha value is -1.84. The van der Waals surface area contributed by atoms with Crippen molar-refractivity contribution < 1.29 is 9.32 Å². The third-order valence-electron chi connectivity index (χ3n) is 3.44. The monoisotopic (exact) mass is 244 g/mol. The highest BCUT2D eigenvalue weighted by molar-refractivity contribution is 5.99. The molecule has 0 radical (unpaired) electrons. The van der Waals surface area contributed by atoms with Crippen LogP contribution in [0, 0.1) is 12.3 Å². The van der Waals surface area contributed by atoms with Gasteiger partial charge < -0.3 is 9.09 Å². The number of carbonyl (C=O) groups is 1. The molecule has 2 heterocycles. The van der Waals surface area contributed by atoms with E-state index >= 15 is 0 Å². The Morgan fingerprint density at radius 2 is 2.17 bits per heavy atom. The Balaban J connectivity index is 2.12. The molecule has 3 rings (SSSR count). The fourth-order valence-corrected chi connectivity index (χ4v) is 2.63. The van der Waals surface area contributed by atoms with Gasteiger partial charge in [0.1, 0.15) is 5.76 Å². The van der Waals surface area contributed by atoms with Crippen LogP contribution in [-0.2, 0) is 6.42 Å². The summed E-state index contributed by atoms with van der Waals surface area (Å²) in [7, 11) is 0. The molecule has 0 saturated carbocycles. The highest BCUT2D eigenvalue weighted by Gasteiger charge is 2.33. The molecule has 0 aliphatic heterocycles. The lowest BCUT2D eigenvalue weighted by Crippen LogP contribution is -2.27. The summed E-state index contributed by atoms with van der Waals surface area (Å²) in [5.74, 6) is 1.74. The van der Waals surface area contributed by atoms with Gasteiger partial charge in [0.05, 0.1) is 0 Å². The van der Waals surface area contributed by atoms with Crippen LogP contribution < -0.4 is 0 Å². The number of aryl methyl sites for hydroxylation is 1. The maximum Gasteiger partial charge on any atom is 0.180 e. The Labute approximate surface area is 106 Å². The van der Waals surface area contributed by atoms with Gasteiger partial charge in [-0.15, -0.1) is 0 Å². The van der Waals surface area contributed by atoms with Gasteiger partial charge in [-0.1, -0.05) is 19.0 Å². The second-order valence-electron chi connectivity index (χ2n) is 5.78. The molecule has 0 N–H and O–H groups in total. The number of hydrogen-bond donors (Lipinski definition) is 0. The first kappa shape index (κ1) is 11.3. The van der Waals surface area contributed by atoms with E-state index in [1.807, 2.05) is 29.8 Å². The van der Waals surface area contributed by atoms with Crippen molar-refractivity contribution in [3.63, 3.8) is 0 Å². The molecule has 0 aromatic carbocycles. The average Bonchev–Trinajstić information content (AvgIpc) is 2.82. The van der Waals surface area contributed by atoms with E-state index in [4.69, 9.17) is 4.52 Å². The van der Waals surface area contributed by atoms with Crippen LogP contribution in [0.2, 0.25) is 0 Å². The van der Waals surface area contributed by atoms with Crippen molar-refractivity contribution >= 4 is 5.78 Å². The predicted octanol–water partition coefficient (Wildman–Crippen LogP) is 2.93. The Kier molecular flexibility index (Phi) is 2.24. The number of carbonyl (C=O) groups excluding carboxylic acids is 1. The Morgan fingerprint density at radius 3 is 2.83 bits per heavy atom. The van der Waals surface area contributed by atoms with Gasteiger partial charge in [0.15, 0.2) is 11.6 Å². The van der Waals surface area contributed by atoms with Gasteiger partial charge >= 0.3 is 0 Å². The predicted molar refractivity (Wildman–Crippen MR) is 67.0 cm³/mol. The molecular weight excluding hydrogens is 228 g/mol. The third kappa shape index (κ3) is 1.68. The normalized spacial score (nSPS) is 17.8. The van der Waals surface area contributed by atoms with E-state index in [0.717, 1.165) is 29.3 Å². The van der Waals surface area contributed by atoms with Gasteiger partial charge in [-0.25, -0.2) is 0 Å². The first-order chi connectivity index (χ1) is 8.46. The van der Waals surface area contributed by atoms with Crippen LogP contribution in [0.25, 0.3) is 5.82 Å². The maximum absolute atomic E-state index is 12.1. The molecule has 1 aliphatic carbocycles. The van der Waals surface area contributed by atoms with Crippen molar-refractivity contribution in [2.45, 2.75) is 33.6 Å². The molecule has 1 aliphatic rings. The van der Waals surface area contributed by atoms with Crippen LogP contribution >= 0.6 is 0 Å². The highest BCUT2D eigenvalue weighted by Crippen LogP contribution is 2.36. The van der Waals surface area contributed by atoms with Crippen molar-refractivity contribution in [3.05, 3.63) is 35.3 Å². The lowest BCUT2D eigenvalue weighted by atomic mass is 9.76. The Morgan fingerprint density at radius 1 is 1.39 bits per heavy atom. The maximum atomic E-state index is 12.1. The molecule has 4 heteroatoms. The first-order valence-corrected chi connectivity index (χ1v) is 6.13. The highest BCUT2D eigenvalue weighted by atomic mass is 16.5. The van der Waals surface area contributed by atoms with Crippen LogP contribution in [0.5, 0.6) is 0 Å². The number of Topliss-reactive ketones (excluding diaryl/α,β-unsaturated/α-hetero) is 1. The van der Waals surface area contributed by atoms with Gasteiger partial charge in [0, 0.05) is 29.9 Å². The third-order valence-corrected chi connectivity index (χ3v) is 3.44. The van der Waals surface area contributed by atoms with E-state index in [1.54, 1.807) is 0 Å². The Bertz CT molecular complexity index is 620. The molecule has 0 saturated heterocycles.